The van der Waals surface area contributed by atoms with E-state index in [0.29, 0.717) is 23.6 Å². The monoisotopic (exact) mass is 793 g/mol. The van der Waals surface area contributed by atoms with Crippen LogP contribution in [0.25, 0.3) is 0 Å². The highest BCUT2D eigenvalue weighted by Gasteiger charge is 2.64. The number of anilines is 1. The molecule has 0 saturated carbocycles. The third-order valence-electron chi connectivity index (χ3n) is 10.4. The van der Waals surface area contributed by atoms with E-state index in [-0.39, 0.29) is 34.9 Å². The number of likely N-dealkylation sites (N-methyl/N-ethyl adjacent to an activating group) is 1. The molecule has 300 valence electrons. The van der Waals surface area contributed by atoms with Crippen LogP contribution in [0.1, 0.15) is 73.3 Å². The third kappa shape index (κ3) is 10.1. The number of hydrogen-bond acceptors (Lipinski definition) is 11. The lowest BCUT2D eigenvalue weighted by Crippen LogP contribution is -2.63. The predicted octanol–water partition coefficient (Wildman–Crippen LogP) is 5.44. The molecule has 3 aliphatic heterocycles. The number of carbonyl (C=O) groups is 4. The molecule has 4 unspecified atom stereocenters. The first-order valence-electron chi connectivity index (χ1n) is 18.1. The summed E-state index contributed by atoms with van der Waals surface area (Å²) in [5.74, 6) is -0.911. The van der Waals surface area contributed by atoms with Crippen LogP contribution in [0, 0.1) is 5.92 Å². The Hall–Kier alpha value is -3.30. The normalized spacial score (nSPS) is 31.2. The van der Waals surface area contributed by atoms with E-state index in [1.54, 1.807) is 70.9 Å². The number of epoxide rings is 1. The molecule has 2 N–H and O–H groups in total. The van der Waals surface area contributed by atoms with Crippen molar-refractivity contribution in [1.82, 2.24) is 10.2 Å². The van der Waals surface area contributed by atoms with Gasteiger partial charge >= 0.3 is 12.1 Å². The Balaban J connectivity index is 1.72. The number of esters is 1. The molecule has 0 aromatic heterocycles. The minimum atomic E-state index is -1.82. The van der Waals surface area contributed by atoms with Gasteiger partial charge in [0.25, 0.3) is 0 Å². The van der Waals surface area contributed by atoms with Crippen LogP contribution in [0.4, 0.5) is 10.5 Å². The first kappa shape index (κ1) is 43.4. The van der Waals surface area contributed by atoms with Gasteiger partial charge < -0.3 is 38.6 Å². The minimum Gasteiger partial charge on any atom is -0.495 e. The van der Waals surface area contributed by atoms with Crippen molar-refractivity contribution in [2.75, 3.05) is 39.0 Å². The van der Waals surface area contributed by atoms with Crippen molar-refractivity contribution in [3.63, 3.8) is 0 Å². The number of methoxy groups -OCH3 is 2. The second kappa shape index (κ2) is 17.2. The molecular formula is C39H56ClN3O10S. The van der Waals surface area contributed by atoms with Crippen molar-refractivity contribution in [3.05, 3.63) is 46.5 Å². The average Bonchev–Trinajstić information content (AvgIpc) is 3.79. The van der Waals surface area contributed by atoms with E-state index in [1.165, 1.54) is 24.0 Å². The Bertz CT molecular complexity index is 1650. The zero-order valence-electron chi connectivity index (χ0n) is 33.2. The van der Waals surface area contributed by atoms with Gasteiger partial charge in [0.05, 0.1) is 25.3 Å². The fourth-order valence-corrected chi connectivity index (χ4v) is 8.04. The molecule has 0 radical (unpaired) electrons. The largest absolute Gasteiger partial charge is 0.495 e. The highest BCUT2D eigenvalue weighted by Crippen LogP contribution is 2.49. The number of thioether (sulfide) groups is 1. The van der Waals surface area contributed by atoms with E-state index in [1.807, 2.05) is 13.0 Å². The van der Waals surface area contributed by atoms with Gasteiger partial charge in [-0.2, -0.15) is 11.8 Å². The number of aliphatic hydroxyl groups is 1. The van der Waals surface area contributed by atoms with Gasteiger partial charge in [0.2, 0.25) is 11.8 Å². The number of amides is 3. The summed E-state index contributed by atoms with van der Waals surface area (Å²) in [4.78, 5) is 56.6. The Kier molecular flexibility index (Phi) is 13.9. The quantitative estimate of drug-likeness (QED) is 0.256. The molecule has 0 aliphatic carbocycles. The topological polar surface area (TPSA) is 156 Å². The average molecular weight is 794 g/mol. The summed E-state index contributed by atoms with van der Waals surface area (Å²) in [5.41, 5.74) is -0.893. The van der Waals surface area contributed by atoms with E-state index in [2.05, 4.69) is 26.1 Å². The van der Waals surface area contributed by atoms with E-state index >= 15 is 0 Å². The summed E-state index contributed by atoms with van der Waals surface area (Å²) in [5, 5.41) is 14.5. The molecule has 4 rings (SSSR count). The molecule has 54 heavy (non-hydrogen) atoms. The van der Waals surface area contributed by atoms with Crippen molar-refractivity contribution >= 4 is 52.9 Å². The third-order valence-corrected chi connectivity index (χ3v) is 12.0. The lowest BCUT2D eigenvalue weighted by atomic mass is 9.83. The molecule has 1 aromatic carbocycles. The van der Waals surface area contributed by atoms with E-state index in [4.69, 9.17) is 35.3 Å². The smallest absolute Gasteiger partial charge is 0.409 e. The number of nitrogens with one attached hydrogen (secondary N) is 1. The van der Waals surface area contributed by atoms with Crippen molar-refractivity contribution in [2.24, 2.45) is 5.92 Å². The van der Waals surface area contributed by atoms with Crippen LogP contribution in [0.5, 0.6) is 5.75 Å². The van der Waals surface area contributed by atoms with Crippen LogP contribution in [0.3, 0.4) is 0 Å². The molecular weight excluding hydrogens is 738 g/mol. The molecule has 2 fully saturated rings. The van der Waals surface area contributed by atoms with E-state index in [9.17, 15) is 24.3 Å². The van der Waals surface area contributed by atoms with Gasteiger partial charge in [0.15, 0.2) is 5.72 Å². The molecule has 3 aliphatic rings. The summed E-state index contributed by atoms with van der Waals surface area (Å²) < 4.78 is 29.3. The maximum Gasteiger partial charge on any atom is 0.409 e. The van der Waals surface area contributed by atoms with Gasteiger partial charge in [-0.1, -0.05) is 63.1 Å². The SMILES string of the molecule is COc1cc2cc(c1Cl)N(C)C(=O)C[C@H](OC(=O)[C@H](C)N(C)C(=O)CCSC(C)(C)C)C1(C)O[C@H]1[C@H](C)C1CC(O)(NC(=O)O1)C(OC)/C=C/C=C(\C)C2. The van der Waals surface area contributed by atoms with Gasteiger partial charge in [-0.05, 0) is 44.9 Å². The Labute approximate surface area is 328 Å². The van der Waals surface area contributed by atoms with Crippen LogP contribution in [-0.2, 0) is 39.8 Å². The lowest BCUT2D eigenvalue weighted by molar-refractivity contribution is -0.162. The number of allylic oxidation sites excluding steroid dienone is 3. The fourth-order valence-electron chi connectivity index (χ4n) is 6.84. The van der Waals surface area contributed by atoms with Gasteiger partial charge in [-0.3, -0.25) is 14.9 Å². The van der Waals surface area contributed by atoms with E-state index < -0.39 is 65.7 Å². The molecule has 13 nitrogen and oxygen atoms in total. The van der Waals surface area contributed by atoms with Crippen molar-refractivity contribution in [1.29, 1.82) is 0 Å². The molecule has 8 atom stereocenters. The molecule has 0 spiro atoms. The van der Waals surface area contributed by atoms with Crippen molar-refractivity contribution in [2.45, 2.75) is 121 Å². The number of hydrogen-bond donors (Lipinski definition) is 2. The summed E-state index contributed by atoms with van der Waals surface area (Å²) in [6, 6.07) is 2.63. The number of fused-ring (bicyclic) bond motifs is 5. The van der Waals surface area contributed by atoms with Gasteiger partial charge in [0, 0.05) is 50.5 Å². The summed E-state index contributed by atoms with van der Waals surface area (Å²) in [6.45, 7) is 13.2. The van der Waals surface area contributed by atoms with Crippen LogP contribution < -0.4 is 15.0 Å². The molecule has 3 heterocycles. The zero-order valence-corrected chi connectivity index (χ0v) is 34.8. The highest BCUT2D eigenvalue weighted by molar-refractivity contribution is 8.00. The maximum atomic E-state index is 14.2. The number of nitrogens with zero attached hydrogens (tertiary/aromatic N) is 2. The van der Waals surface area contributed by atoms with Gasteiger partial charge in [-0.15, -0.1) is 0 Å². The summed E-state index contributed by atoms with van der Waals surface area (Å²) >= 11 is 8.42. The first-order valence-corrected chi connectivity index (χ1v) is 19.5. The number of benzene rings is 1. The standard InChI is InChI=1S/C39H56ClN3O10S/c1-22-13-12-14-29(50-11)39(48)21-28(51-36(47)41-39)23(2)34-38(7,53-34)30(52-35(46)24(3)42(8)31(44)15-16-54-37(4,5)6)20-32(45)43(9)26-18-25(17-22)19-27(49-10)33(26)40/h12-14,18-19,23-24,28-30,34,48H,15-17,20-21H2,1-11H3,(H,41,47)/b14-12+,22-13+/t23-,24+,28?,29?,30+,34+,38?,39?/m1/s1. The number of ether oxygens (including phenoxy) is 5. The van der Waals surface area contributed by atoms with Gasteiger partial charge in [0.1, 0.15) is 40.7 Å². The van der Waals surface area contributed by atoms with Crippen LogP contribution in [0.15, 0.2) is 35.9 Å². The summed E-state index contributed by atoms with van der Waals surface area (Å²) in [7, 11) is 6.06. The number of alkyl carbamates (subject to hydrolysis) is 1. The number of carbonyl (C=O) groups excluding carboxylic acids is 4. The maximum absolute atomic E-state index is 14.2. The second-order valence-electron chi connectivity index (χ2n) is 15.6. The Morgan fingerprint density at radius 3 is 2.56 bits per heavy atom. The second-order valence-corrected chi connectivity index (χ2v) is 17.9. The van der Waals surface area contributed by atoms with Crippen LogP contribution in [-0.4, -0.2) is 114 Å². The number of halogens is 1. The molecule has 15 heteroatoms. The molecule has 1 aromatic rings. The molecule has 2 saturated heterocycles. The van der Waals surface area contributed by atoms with Crippen molar-refractivity contribution in [3.8, 4) is 5.75 Å². The zero-order chi connectivity index (χ0) is 40.3. The molecule has 4 bridgehead atoms. The highest BCUT2D eigenvalue weighted by atomic mass is 35.5. The fraction of sp³-hybridized carbons (Fsp3) is 0.641. The Morgan fingerprint density at radius 1 is 1.24 bits per heavy atom. The van der Waals surface area contributed by atoms with Gasteiger partial charge in [-0.25, -0.2) is 9.59 Å². The summed E-state index contributed by atoms with van der Waals surface area (Å²) in [6.07, 6.45) is 1.23. The Morgan fingerprint density at radius 2 is 1.93 bits per heavy atom. The van der Waals surface area contributed by atoms with Crippen LogP contribution >= 0.6 is 23.4 Å². The van der Waals surface area contributed by atoms with Crippen LogP contribution in [0.2, 0.25) is 5.02 Å². The lowest BCUT2D eigenvalue weighted by Gasteiger charge is -2.42. The molecule has 3 amide bonds. The number of rotatable bonds is 8. The van der Waals surface area contributed by atoms with E-state index in [0.717, 1.165) is 11.1 Å². The minimum absolute atomic E-state index is 0.0150. The predicted molar refractivity (Wildman–Crippen MR) is 208 cm³/mol. The van der Waals surface area contributed by atoms with Crippen molar-refractivity contribution < 1.29 is 48.0 Å². The first-order chi connectivity index (χ1) is 25.1.